The molecule has 2 saturated heterocycles. The Morgan fingerprint density at radius 3 is 2.77 bits per heavy atom. The second-order valence-corrected chi connectivity index (χ2v) is 6.28. The van der Waals surface area contributed by atoms with Gasteiger partial charge in [0.15, 0.2) is 0 Å². The van der Waals surface area contributed by atoms with Gasteiger partial charge in [-0.15, -0.1) is 0 Å². The van der Waals surface area contributed by atoms with Crippen LogP contribution in [0.5, 0.6) is 0 Å². The molecule has 2 aliphatic heterocycles. The molecule has 2 amide bonds. The minimum atomic E-state index is 0.0238. The van der Waals surface area contributed by atoms with Crippen LogP contribution in [0.2, 0.25) is 10.0 Å². The van der Waals surface area contributed by atoms with Gasteiger partial charge >= 0.3 is 6.03 Å². The zero-order valence-corrected chi connectivity index (χ0v) is 13.1. The van der Waals surface area contributed by atoms with Gasteiger partial charge in [0.2, 0.25) is 0 Å². The van der Waals surface area contributed by atoms with Crippen molar-refractivity contribution < 1.29 is 4.79 Å². The van der Waals surface area contributed by atoms with E-state index < -0.39 is 0 Å². The molecule has 114 valence electrons. The van der Waals surface area contributed by atoms with Crippen LogP contribution in [-0.2, 0) is 0 Å². The van der Waals surface area contributed by atoms with Gasteiger partial charge < -0.3 is 15.1 Å². The molecule has 0 saturated carbocycles. The normalized spacial score (nSPS) is 21.2. The number of nitrogens with one attached hydrogen (secondary N) is 1. The molecule has 2 aliphatic rings. The lowest BCUT2D eigenvalue weighted by Crippen LogP contribution is -2.52. The van der Waals surface area contributed by atoms with Gasteiger partial charge in [0, 0.05) is 26.2 Å². The second kappa shape index (κ2) is 5.14. The highest BCUT2D eigenvalue weighted by Gasteiger charge is 2.35. The van der Waals surface area contributed by atoms with E-state index in [0.29, 0.717) is 23.1 Å². The lowest BCUT2D eigenvalue weighted by molar-refractivity contribution is 0.197. The molecular formula is C14H13Cl2N5O. The van der Waals surface area contributed by atoms with Crippen LogP contribution in [-0.4, -0.2) is 53.1 Å². The molecule has 1 N–H and O–H groups in total. The molecule has 0 aliphatic carbocycles. The molecule has 0 radical (unpaired) electrons. The van der Waals surface area contributed by atoms with E-state index in [4.69, 9.17) is 23.2 Å². The maximum atomic E-state index is 11.6. The number of rotatable bonds is 1. The SMILES string of the molecule is O=C1NC[C@@H]2CN(c3cnc4cc(Cl)c(Cl)cc4n3)CCN12. The number of fused-ring (bicyclic) bond motifs is 2. The van der Waals surface area contributed by atoms with Crippen molar-refractivity contribution >= 4 is 46.1 Å². The average molecular weight is 338 g/mol. The van der Waals surface area contributed by atoms with Crippen molar-refractivity contribution in [2.24, 2.45) is 0 Å². The van der Waals surface area contributed by atoms with Crippen molar-refractivity contribution in [1.29, 1.82) is 0 Å². The van der Waals surface area contributed by atoms with Crippen LogP contribution >= 0.6 is 23.2 Å². The molecule has 0 spiro atoms. The summed E-state index contributed by atoms with van der Waals surface area (Å²) in [6.45, 7) is 2.86. The number of carbonyl (C=O) groups excluding carboxylic acids is 1. The van der Waals surface area contributed by atoms with Gasteiger partial charge in [-0.1, -0.05) is 23.2 Å². The van der Waals surface area contributed by atoms with E-state index in [-0.39, 0.29) is 12.1 Å². The van der Waals surface area contributed by atoms with Crippen molar-refractivity contribution in [3.8, 4) is 0 Å². The number of nitrogens with zero attached hydrogens (tertiary/aromatic N) is 4. The summed E-state index contributed by atoms with van der Waals surface area (Å²) in [5.74, 6) is 0.796. The van der Waals surface area contributed by atoms with E-state index in [1.807, 2.05) is 4.90 Å². The molecule has 1 aromatic carbocycles. The largest absolute Gasteiger partial charge is 0.351 e. The minimum Gasteiger partial charge on any atom is -0.351 e. The minimum absolute atomic E-state index is 0.0238. The van der Waals surface area contributed by atoms with E-state index in [2.05, 4.69) is 20.2 Å². The first-order chi connectivity index (χ1) is 10.6. The highest BCUT2D eigenvalue weighted by molar-refractivity contribution is 6.42. The number of anilines is 1. The highest BCUT2D eigenvalue weighted by Crippen LogP contribution is 2.27. The molecule has 0 unspecified atom stereocenters. The van der Waals surface area contributed by atoms with Crippen LogP contribution in [0, 0.1) is 0 Å². The summed E-state index contributed by atoms with van der Waals surface area (Å²) in [5, 5.41) is 3.81. The first kappa shape index (κ1) is 13.8. The molecule has 3 heterocycles. The maximum Gasteiger partial charge on any atom is 0.317 e. The highest BCUT2D eigenvalue weighted by atomic mass is 35.5. The summed E-state index contributed by atoms with van der Waals surface area (Å²) in [6.07, 6.45) is 1.74. The summed E-state index contributed by atoms with van der Waals surface area (Å²) in [6, 6.07) is 3.66. The molecule has 0 bridgehead atoms. The first-order valence-corrected chi connectivity index (χ1v) is 7.78. The third-order valence-electron chi connectivity index (χ3n) is 4.13. The topological polar surface area (TPSA) is 61.4 Å². The standard InChI is InChI=1S/C14H13Cl2N5O/c15-9-3-11-12(4-10(9)16)19-13(6-17-11)20-1-2-21-8(7-20)5-18-14(21)22/h3-4,6,8H,1-2,5,7H2,(H,18,22)/t8-/m1/s1. The zero-order valence-electron chi connectivity index (χ0n) is 11.6. The Bertz CT molecular complexity index is 768. The van der Waals surface area contributed by atoms with Gasteiger partial charge in [-0.3, -0.25) is 4.98 Å². The Kier molecular flexibility index (Phi) is 3.23. The summed E-state index contributed by atoms with van der Waals surface area (Å²) in [4.78, 5) is 24.7. The van der Waals surface area contributed by atoms with Crippen LogP contribution in [0.15, 0.2) is 18.3 Å². The van der Waals surface area contributed by atoms with Crippen molar-refractivity contribution in [3.63, 3.8) is 0 Å². The number of benzene rings is 1. The quantitative estimate of drug-likeness (QED) is 0.866. The fourth-order valence-corrected chi connectivity index (χ4v) is 3.28. The van der Waals surface area contributed by atoms with Gasteiger partial charge in [0.1, 0.15) is 5.82 Å². The van der Waals surface area contributed by atoms with Gasteiger partial charge in [0.05, 0.1) is 33.3 Å². The molecule has 4 rings (SSSR count). The van der Waals surface area contributed by atoms with Crippen LogP contribution < -0.4 is 10.2 Å². The number of piperazine rings is 1. The summed E-state index contributed by atoms with van der Waals surface area (Å²) < 4.78 is 0. The Morgan fingerprint density at radius 1 is 1.18 bits per heavy atom. The Labute approximate surface area is 137 Å². The van der Waals surface area contributed by atoms with Crippen molar-refractivity contribution in [3.05, 3.63) is 28.4 Å². The van der Waals surface area contributed by atoms with Crippen LogP contribution in [0.3, 0.4) is 0 Å². The molecular weight excluding hydrogens is 325 g/mol. The summed E-state index contributed by atoms with van der Waals surface area (Å²) >= 11 is 12.0. The third-order valence-corrected chi connectivity index (χ3v) is 4.85. The number of halogens is 2. The monoisotopic (exact) mass is 337 g/mol. The lowest BCUT2D eigenvalue weighted by atomic mass is 10.2. The third kappa shape index (κ3) is 2.23. The maximum absolute atomic E-state index is 11.6. The molecule has 22 heavy (non-hydrogen) atoms. The Morgan fingerprint density at radius 2 is 1.95 bits per heavy atom. The average Bonchev–Trinajstić information content (AvgIpc) is 2.89. The van der Waals surface area contributed by atoms with Gasteiger partial charge in [-0.25, -0.2) is 9.78 Å². The lowest BCUT2D eigenvalue weighted by Gasteiger charge is -2.36. The molecule has 6 nitrogen and oxygen atoms in total. The number of aromatic nitrogens is 2. The summed E-state index contributed by atoms with van der Waals surface area (Å²) in [7, 11) is 0. The molecule has 2 fully saturated rings. The van der Waals surface area contributed by atoms with E-state index in [1.165, 1.54) is 0 Å². The molecule has 2 aromatic rings. The van der Waals surface area contributed by atoms with Crippen LogP contribution in [0.1, 0.15) is 0 Å². The van der Waals surface area contributed by atoms with Crippen molar-refractivity contribution in [1.82, 2.24) is 20.2 Å². The van der Waals surface area contributed by atoms with Crippen LogP contribution in [0.4, 0.5) is 10.6 Å². The van der Waals surface area contributed by atoms with Gasteiger partial charge in [0.25, 0.3) is 0 Å². The number of urea groups is 1. The fraction of sp³-hybridized carbons (Fsp3) is 0.357. The van der Waals surface area contributed by atoms with E-state index >= 15 is 0 Å². The van der Waals surface area contributed by atoms with Crippen molar-refractivity contribution in [2.45, 2.75) is 6.04 Å². The smallest absolute Gasteiger partial charge is 0.317 e. The van der Waals surface area contributed by atoms with E-state index in [9.17, 15) is 4.79 Å². The number of hydrogen-bond acceptors (Lipinski definition) is 4. The first-order valence-electron chi connectivity index (χ1n) is 7.03. The fourth-order valence-electron chi connectivity index (χ4n) is 2.96. The van der Waals surface area contributed by atoms with Crippen LogP contribution in [0.25, 0.3) is 11.0 Å². The predicted octanol–water partition coefficient (Wildman–Crippen LogP) is 2.15. The zero-order chi connectivity index (χ0) is 15.3. The molecule has 1 aromatic heterocycles. The Balaban J connectivity index is 1.64. The summed E-state index contributed by atoms with van der Waals surface area (Å²) in [5.41, 5.74) is 1.43. The predicted molar refractivity (Wildman–Crippen MR) is 85.7 cm³/mol. The molecule has 1 atom stereocenters. The van der Waals surface area contributed by atoms with E-state index in [0.717, 1.165) is 29.9 Å². The van der Waals surface area contributed by atoms with E-state index in [1.54, 1.807) is 18.3 Å². The Hall–Kier alpha value is -1.79. The molecule has 8 heteroatoms. The van der Waals surface area contributed by atoms with Crippen molar-refractivity contribution in [2.75, 3.05) is 31.1 Å². The number of carbonyl (C=O) groups is 1. The number of amides is 2. The number of hydrogen-bond donors (Lipinski definition) is 1. The van der Waals surface area contributed by atoms with Gasteiger partial charge in [-0.05, 0) is 12.1 Å². The van der Waals surface area contributed by atoms with Gasteiger partial charge in [-0.2, -0.15) is 0 Å². The second-order valence-electron chi connectivity index (χ2n) is 5.46.